The number of rotatable bonds is 8. The Morgan fingerprint density at radius 3 is 2.50 bits per heavy atom. The first-order valence-electron chi connectivity index (χ1n) is 9.94. The molecule has 1 saturated heterocycles. The number of carbonyl (C=O) groups excluding carboxylic acids is 1. The zero-order valence-electron chi connectivity index (χ0n) is 17.5. The minimum absolute atomic E-state index is 0.104. The summed E-state index contributed by atoms with van der Waals surface area (Å²) in [6.07, 6.45) is -1.95. The number of hydrogen-bond acceptors (Lipinski definition) is 7. The third kappa shape index (κ3) is 5.03. The molecule has 0 bridgehead atoms. The summed E-state index contributed by atoms with van der Waals surface area (Å²) in [5.41, 5.74) is 5.04. The normalized spacial score (nSPS) is 24.4. The molecule has 0 radical (unpaired) electrons. The molecule has 1 amide bonds. The molecule has 0 spiro atoms. The maximum Gasteiger partial charge on any atom is 0.339 e. The molecular weight excluding hydrogens is 394 g/mol. The van der Waals surface area contributed by atoms with Gasteiger partial charge >= 0.3 is 5.97 Å². The Morgan fingerprint density at radius 2 is 1.93 bits per heavy atom. The Morgan fingerprint density at radius 1 is 1.30 bits per heavy atom. The first-order chi connectivity index (χ1) is 13.9. The van der Waals surface area contributed by atoms with Gasteiger partial charge in [-0.05, 0) is 37.3 Å². The molecule has 1 aliphatic heterocycles. The number of aromatic hydroxyl groups is 2. The van der Waals surface area contributed by atoms with Crippen LogP contribution in [0.2, 0.25) is 0 Å². The number of benzene rings is 1. The van der Waals surface area contributed by atoms with Crippen molar-refractivity contribution in [2.45, 2.75) is 77.3 Å². The van der Waals surface area contributed by atoms with E-state index in [4.69, 9.17) is 10.5 Å². The van der Waals surface area contributed by atoms with Crippen molar-refractivity contribution in [3.05, 3.63) is 22.8 Å². The fourth-order valence-electron chi connectivity index (χ4n) is 3.93. The van der Waals surface area contributed by atoms with Gasteiger partial charge in [0, 0.05) is 24.3 Å². The highest BCUT2D eigenvalue weighted by atomic mass is 16.5. The zero-order chi connectivity index (χ0) is 22.8. The van der Waals surface area contributed by atoms with Gasteiger partial charge in [0.1, 0.15) is 23.2 Å². The Labute approximate surface area is 175 Å². The Balaban J connectivity index is 2.04. The van der Waals surface area contributed by atoms with Gasteiger partial charge in [-0.3, -0.25) is 4.79 Å². The number of carboxylic acids is 1. The molecule has 1 unspecified atom stereocenters. The molecule has 2 rings (SSSR count). The SMILES string of the molecule is Cc1c(O)cc(O)c(C(=O)O)c1CCC[C@@H](O)CC1O[C@H](C(N)=O)C[C@@H](O)C1(C)C. The van der Waals surface area contributed by atoms with Crippen LogP contribution in [0.1, 0.15) is 61.0 Å². The van der Waals surface area contributed by atoms with Gasteiger partial charge in [0.05, 0.1) is 18.3 Å². The van der Waals surface area contributed by atoms with Gasteiger partial charge in [0.2, 0.25) is 5.91 Å². The van der Waals surface area contributed by atoms with Crippen LogP contribution >= 0.6 is 0 Å². The van der Waals surface area contributed by atoms with Crippen molar-refractivity contribution in [1.29, 1.82) is 0 Å². The fraction of sp³-hybridized carbons (Fsp3) is 0.619. The summed E-state index contributed by atoms with van der Waals surface area (Å²) in [4.78, 5) is 23.0. The van der Waals surface area contributed by atoms with Crippen LogP contribution in [0.5, 0.6) is 11.5 Å². The molecule has 1 aliphatic rings. The van der Waals surface area contributed by atoms with Crippen molar-refractivity contribution in [3.63, 3.8) is 0 Å². The Hall–Kier alpha value is -2.36. The van der Waals surface area contributed by atoms with Crippen molar-refractivity contribution >= 4 is 11.9 Å². The molecule has 0 saturated carbocycles. The lowest BCUT2D eigenvalue weighted by Crippen LogP contribution is -2.54. The second-order valence-corrected chi connectivity index (χ2v) is 8.57. The minimum Gasteiger partial charge on any atom is -0.508 e. The van der Waals surface area contributed by atoms with Crippen molar-refractivity contribution in [1.82, 2.24) is 0 Å². The predicted octanol–water partition coefficient (Wildman–Crippen LogP) is 1.21. The Kier molecular flexibility index (Phi) is 7.33. The summed E-state index contributed by atoms with van der Waals surface area (Å²) in [6.45, 7) is 5.16. The number of phenols is 2. The molecule has 168 valence electrons. The van der Waals surface area contributed by atoms with Gasteiger partial charge in [-0.25, -0.2) is 4.79 Å². The van der Waals surface area contributed by atoms with Crippen LogP contribution in [-0.4, -0.2) is 61.8 Å². The van der Waals surface area contributed by atoms with E-state index in [0.29, 0.717) is 24.0 Å². The number of ether oxygens (including phenoxy) is 1. The first kappa shape index (κ1) is 23.9. The molecule has 0 aromatic heterocycles. The van der Waals surface area contributed by atoms with Crippen LogP contribution in [0.15, 0.2) is 6.07 Å². The lowest BCUT2D eigenvalue weighted by Gasteiger charge is -2.45. The van der Waals surface area contributed by atoms with Crippen LogP contribution in [0.25, 0.3) is 0 Å². The second-order valence-electron chi connectivity index (χ2n) is 8.57. The number of carboxylic acid groups (broad SMARTS) is 1. The van der Waals surface area contributed by atoms with E-state index < -0.39 is 47.5 Å². The number of amides is 1. The van der Waals surface area contributed by atoms with E-state index in [-0.39, 0.29) is 30.6 Å². The van der Waals surface area contributed by atoms with Gasteiger partial charge in [0.25, 0.3) is 0 Å². The van der Waals surface area contributed by atoms with Crippen LogP contribution in [0, 0.1) is 12.3 Å². The summed E-state index contributed by atoms with van der Waals surface area (Å²) < 4.78 is 5.73. The lowest BCUT2D eigenvalue weighted by atomic mass is 9.74. The van der Waals surface area contributed by atoms with Crippen molar-refractivity contribution < 1.29 is 39.9 Å². The molecule has 30 heavy (non-hydrogen) atoms. The second kappa shape index (κ2) is 9.20. The summed E-state index contributed by atoms with van der Waals surface area (Å²) in [5.74, 6) is -2.67. The van der Waals surface area contributed by atoms with Gasteiger partial charge in [0.15, 0.2) is 0 Å². The molecule has 1 heterocycles. The monoisotopic (exact) mass is 425 g/mol. The number of aliphatic hydroxyl groups is 2. The van der Waals surface area contributed by atoms with E-state index in [0.717, 1.165) is 6.07 Å². The number of phenolic OH excluding ortho intramolecular Hbond substituents is 1. The van der Waals surface area contributed by atoms with Crippen LogP contribution in [0.4, 0.5) is 0 Å². The van der Waals surface area contributed by atoms with Gasteiger partial charge < -0.3 is 36.0 Å². The van der Waals surface area contributed by atoms with E-state index in [1.165, 1.54) is 0 Å². The maximum atomic E-state index is 11.5. The van der Waals surface area contributed by atoms with E-state index in [1.807, 2.05) is 0 Å². The van der Waals surface area contributed by atoms with E-state index in [9.17, 15) is 35.1 Å². The van der Waals surface area contributed by atoms with Gasteiger partial charge in [-0.1, -0.05) is 13.8 Å². The standard InChI is InChI=1S/C21H31NO8/c1-10-12(18(20(28)29)14(25)8-13(10)24)6-4-5-11(23)7-17-21(2,3)16(26)9-15(30-17)19(22)27/h8,11,15-17,23-26H,4-7,9H2,1-3H3,(H2,22,27)(H,28,29)/t11-,15+,16-,17?/m1/s1. The smallest absolute Gasteiger partial charge is 0.339 e. The highest BCUT2D eigenvalue weighted by molar-refractivity contribution is 5.93. The predicted molar refractivity (Wildman–Crippen MR) is 107 cm³/mol. The van der Waals surface area contributed by atoms with Gasteiger partial charge in [-0.15, -0.1) is 0 Å². The number of primary amides is 1. The molecule has 9 nitrogen and oxygen atoms in total. The lowest BCUT2D eigenvalue weighted by molar-refractivity contribution is -0.187. The number of nitrogens with two attached hydrogens (primary N) is 1. The van der Waals surface area contributed by atoms with E-state index in [2.05, 4.69) is 0 Å². The third-order valence-corrected chi connectivity index (χ3v) is 6.10. The summed E-state index contributed by atoms with van der Waals surface area (Å²) >= 11 is 0. The molecule has 9 heteroatoms. The summed E-state index contributed by atoms with van der Waals surface area (Å²) in [6, 6.07) is 1.00. The summed E-state index contributed by atoms with van der Waals surface area (Å²) in [5, 5.41) is 50.0. The largest absolute Gasteiger partial charge is 0.508 e. The Bertz CT molecular complexity index is 807. The number of aromatic carboxylic acids is 1. The van der Waals surface area contributed by atoms with E-state index in [1.54, 1.807) is 20.8 Å². The highest BCUT2D eigenvalue weighted by Gasteiger charge is 2.46. The number of hydrogen-bond donors (Lipinski definition) is 6. The van der Waals surface area contributed by atoms with Crippen molar-refractivity contribution in [2.24, 2.45) is 11.1 Å². The quantitative estimate of drug-likeness (QED) is 0.361. The average Bonchev–Trinajstić information content (AvgIpc) is 2.62. The van der Waals surface area contributed by atoms with Gasteiger partial charge in [-0.2, -0.15) is 0 Å². The molecule has 1 aromatic rings. The third-order valence-electron chi connectivity index (χ3n) is 6.10. The number of aliphatic hydroxyl groups excluding tert-OH is 2. The fourth-order valence-corrected chi connectivity index (χ4v) is 3.93. The molecule has 1 fully saturated rings. The zero-order valence-corrected chi connectivity index (χ0v) is 17.5. The van der Waals surface area contributed by atoms with Crippen LogP contribution < -0.4 is 5.73 Å². The van der Waals surface area contributed by atoms with Crippen molar-refractivity contribution in [2.75, 3.05) is 0 Å². The molecule has 7 N–H and O–H groups in total. The number of carbonyl (C=O) groups is 2. The molecule has 0 aliphatic carbocycles. The topological polar surface area (TPSA) is 171 Å². The molecule has 4 atom stereocenters. The van der Waals surface area contributed by atoms with E-state index >= 15 is 0 Å². The minimum atomic E-state index is -1.30. The average molecular weight is 425 g/mol. The summed E-state index contributed by atoms with van der Waals surface area (Å²) in [7, 11) is 0. The molecular formula is C21H31NO8. The maximum absolute atomic E-state index is 11.5. The van der Waals surface area contributed by atoms with Crippen LogP contribution in [-0.2, 0) is 16.0 Å². The van der Waals surface area contributed by atoms with Crippen molar-refractivity contribution in [3.8, 4) is 11.5 Å². The molecule has 1 aromatic carbocycles. The highest BCUT2D eigenvalue weighted by Crippen LogP contribution is 2.39. The first-order valence-corrected chi connectivity index (χ1v) is 9.94. The van der Waals surface area contributed by atoms with Crippen LogP contribution in [0.3, 0.4) is 0 Å².